The fourth-order valence-corrected chi connectivity index (χ4v) is 3.82. The molecule has 0 radical (unpaired) electrons. The molecule has 0 saturated heterocycles. The Balaban J connectivity index is 1.45. The van der Waals surface area contributed by atoms with Crippen molar-refractivity contribution >= 4 is 29.4 Å². The van der Waals surface area contributed by atoms with Gasteiger partial charge < -0.3 is 14.6 Å². The minimum Gasteiger partial charge on any atom is -0.480 e. The second-order valence-electron chi connectivity index (χ2n) is 7.57. The van der Waals surface area contributed by atoms with Crippen LogP contribution in [0.1, 0.15) is 25.7 Å². The van der Waals surface area contributed by atoms with Crippen molar-refractivity contribution in [1.29, 1.82) is 0 Å². The number of hydrogen-bond donors (Lipinski definition) is 2. The third-order valence-electron chi connectivity index (χ3n) is 5.31. The molecule has 1 fully saturated rings. The van der Waals surface area contributed by atoms with Crippen LogP contribution in [-0.2, 0) is 14.3 Å². The van der Waals surface area contributed by atoms with E-state index < -0.39 is 12.1 Å². The second-order valence-corrected chi connectivity index (χ2v) is 8.01. The number of carbonyl (C=O) groups excluding carboxylic acids is 1. The van der Waals surface area contributed by atoms with Crippen LogP contribution in [0, 0.1) is 11.8 Å². The van der Waals surface area contributed by atoms with Crippen LogP contribution in [0.5, 0.6) is 0 Å². The Morgan fingerprint density at radius 1 is 0.967 bits per heavy atom. The average molecular weight is 432 g/mol. The van der Waals surface area contributed by atoms with Crippen LogP contribution in [0.4, 0.5) is 10.5 Å². The molecule has 0 heterocycles. The first kappa shape index (κ1) is 22.1. The summed E-state index contributed by atoms with van der Waals surface area (Å²) in [7, 11) is 0. The zero-order chi connectivity index (χ0) is 21.3. The Morgan fingerprint density at radius 2 is 1.60 bits per heavy atom. The number of nitrogens with one attached hydrogen (secondary N) is 1. The van der Waals surface area contributed by atoms with Crippen molar-refractivity contribution in [2.45, 2.75) is 25.7 Å². The van der Waals surface area contributed by atoms with Gasteiger partial charge in [0.2, 0.25) is 0 Å². The molecule has 7 heteroatoms. The molecular weight excluding hydrogens is 406 g/mol. The van der Waals surface area contributed by atoms with Gasteiger partial charge in [-0.15, -0.1) is 0 Å². The predicted molar refractivity (Wildman–Crippen MR) is 116 cm³/mol. The number of carbonyl (C=O) groups is 2. The van der Waals surface area contributed by atoms with Crippen molar-refractivity contribution < 1.29 is 24.2 Å². The van der Waals surface area contributed by atoms with E-state index in [1.165, 1.54) is 0 Å². The van der Waals surface area contributed by atoms with E-state index in [9.17, 15) is 9.59 Å². The van der Waals surface area contributed by atoms with Crippen LogP contribution in [0.3, 0.4) is 0 Å². The van der Waals surface area contributed by atoms with Crippen LogP contribution < -0.4 is 5.32 Å². The quantitative estimate of drug-likeness (QED) is 0.579. The molecule has 1 aliphatic carbocycles. The molecule has 0 aliphatic heterocycles. The number of anilines is 1. The van der Waals surface area contributed by atoms with Crippen LogP contribution >= 0.6 is 11.6 Å². The summed E-state index contributed by atoms with van der Waals surface area (Å²) in [6.45, 7) is 0.597. The van der Waals surface area contributed by atoms with Gasteiger partial charge in [-0.1, -0.05) is 41.9 Å². The largest absolute Gasteiger partial charge is 0.480 e. The first-order chi connectivity index (χ1) is 14.5. The first-order valence-corrected chi connectivity index (χ1v) is 10.5. The van der Waals surface area contributed by atoms with E-state index in [4.69, 9.17) is 26.2 Å². The van der Waals surface area contributed by atoms with Gasteiger partial charge in [0, 0.05) is 10.6 Å². The minimum atomic E-state index is -0.944. The van der Waals surface area contributed by atoms with Gasteiger partial charge in [0.15, 0.2) is 0 Å². The van der Waals surface area contributed by atoms with Crippen molar-refractivity contribution in [3.63, 3.8) is 0 Å². The third kappa shape index (κ3) is 6.75. The van der Waals surface area contributed by atoms with Gasteiger partial charge in [0.1, 0.15) is 6.61 Å². The molecule has 2 N–H and O–H groups in total. The lowest BCUT2D eigenvalue weighted by Gasteiger charge is -2.27. The maximum Gasteiger partial charge on any atom is 0.411 e. The molecule has 2 aromatic carbocycles. The van der Waals surface area contributed by atoms with Gasteiger partial charge in [-0.3, -0.25) is 5.32 Å². The maximum atomic E-state index is 12.3. The van der Waals surface area contributed by atoms with Crippen molar-refractivity contribution in [3.8, 4) is 11.1 Å². The number of para-hydroxylation sites is 1. The second kappa shape index (κ2) is 11.0. The van der Waals surface area contributed by atoms with Gasteiger partial charge in [0.25, 0.3) is 0 Å². The molecule has 0 unspecified atom stereocenters. The molecule has 0 bridgehead atoms. The lowest BCUT2D eigenvalue weighted by Crippen LogP contribution is -2.25. The molecule has 0 spiro atoms. The smallest absolute Gasteiger partial charge is 0.411 e. The van der Waals surface area contributed by atoms with Gasteiger partial charge >= 0.3 is 12.1 Å². The Hall–Kier alpha value is -2.57. The van der Waals surface area contributed by atoms with E-state index in [0.717, 1.165) is 36.8 Å². The minimum absolute atomic E-state index is 0.249. The number of carboxylic acids is 1. The molecule has 0 atom stereocenters. The molecular formula is C23H26ClNO5. The number of amides is 1. The molecule has 0 aromatic heterocycles. The van der Waals surface area contributed by atoms with Crippen LogP contribution in [-0.4, -0.2) is 37.0 Å². The Kier molecular flexibility index (Phi) is 8.11. The normalized spacial score (nSPS) is 18.6. The van der Waals surface area contributed by atoms with Crippen molar-refractivity contribution in [2.24, 2.45) is 11.8 Å². The number of ether oxygens (including phenoxy) is 2. The highest BCUT2D eigenvalue weighted by Crippen LogP contribution is 2.30. The van der Waals surface area contributed by atoms with Crippen molar-refractivity contribution in [3.05, 3.63) is 53.6 Å². The Bertz CT molecular complexity index is 847. The van der Waals surface area contributed by atoms with E-state index in [1.54, 1.807) is 0 Å². The predicted octanol–water partition coefficient (Wildman–Crippen LogP) is 5.46. The summed E-state index contributed by atoms with van der Waals surface area (Å²) >= 11 is 5.96. The summed E-state index contributed by atoms with van der Waals surface area (Å²) in [6.07, 6.45) is 3.32. The summed E-state index contributed by atoms with van der Waals surface area (Å²) in [5, 5.41) is 12.1. The summed E-state index contributed by atoms with van der Waals surface area (Å²) in [5.74, 6) is -0.251. The SMILES string of the molecule is O=C(O)COC[C@H]1CC[C@H](COC(=O)Nc2ccccc2-c2ccc(Cl)cc2)CC1. The van der Waals surface area contributed by atoms with Gasteiger partial charge in [-0.25, -0.2) is 9.59 Å². The highest BCUT2D eigenvalue weighted by molar-refractivity contribution is 6.30. The average Bonchev–Trinajstić information content (AvgIpc) is 2.74. The fourth-order valence-electron chi connectivity index (χ4n) is 3.69. The molecule has 2 aromatic rings. The standard InChI is InChI=1S/C23H26ClNO5/c24-19-11-9-18(10-12-19)20-3-1-2-4-21(20)25-23(28)30-14-17-7-5-16(6-8-17)13-29-15-22(26)27/h1-4,9-12,16-17H,5-8,13-15H2,(H,25,28)(H,26,27)/t16-,17-. The van der Waals surface area contributed by atoms with Crippen molar-refractivity contribution in [2.75, 3.05) is 25.1 Å². The van der Waals surface area contributed by atoms with E-state index in [-0.39, 0.29) is 6.61 Å². The number of halogens is 1. The van der Waals surface area contributed by atoms with E-state index >= 15 is 0 Å². The molecule has 3 rings (SSSR count). The third-order valence-corrected chi connectivity index (χ3v) is 5.57. The Labute approximate surface area is 181 Å². The number of carboxylic acid groups (broad SMARTS) is 1. The maximum absolute atomic E-state index is 12.3. The van der Waals surface area contributed by atoms with E-state index in [2.05, 4.69) is 5.32 Å². The van der Waals surface area contributed by atoms with Gasteiger partial charge in [-0.2, -0.15) is 0 Å². The zero-order valence-corrected chi connectivity index (χ0v) is 17.4. The first-order valence-electron chi connectivity index (χ1n) is 10.1. The molecule has 30 heavy (non-hydrogen) atoms. The molecule has 1 saturated carbocycles. The lowest BCUT2D eigenvalue weighted by molar-refractivity contribution is -0.142. The topological polar surface area (TPSA) is 84.9 Å². The fraction of sp³-hybridized carbons (Fsp3) is 0.391. The Morgan fingerprint density at radius 3 is 2.27 bits per heavy atom. The summed E-state index contributed by atoms with van der Waals surface area (Å²) in [5.41, 5.74) is 2.54. The summed E-state index contributed by atoms with van der Waals surface area (Å²) < 4.78 is 10.6. The molecule has 1 aliphatic rings. The number of rotatable bonds is 8. The number of hydrogen-bond acceptors (Lipinski definition) is 4. The number of aliphatic carboxylic acids is 1. The summed E-state index contributed by atoms with van der Waals surface area (Å²) in [6, 6.07) is 15.0. The molecule has 160 valence electrons. The van der Waals surface area contributed by atoms with Crippen LogP contribution in [0.25, 0.3) is 11.1 Å². The van der Waals surface area contributed by atoms with E-state index in [1.807, 2.05) is 48.5 Å². The van der Waals surface area contributed by atoms with Gasteiger partial charge in [-0.05, 0) is 61.3 Å². The monoisotopic (exact) mass is 431 g/mol. The van der Waals surface area contributed by atoms with E-state index in [0.29, 0.717) is 35.8 Å². The molecule has 6 nitrogen and oxygen atoms in total. The van der Waals surface area contributed by atoms with Crippen molar-refractivity contribution in [1.82, 2.24) is 0 Å². The van der Waals surface area contributed by atoms with Gasteiger partial charge in [0.05, 0.1) is 18.9 Å². The van der Waals surface area contributed by atoms with Crippen LogP contribution in [0.15, 0.2) is 48.5 Å². The zero-order valence-electron chi connectivity index (χ0n) is 16.7. The summed E-state index contributed by atoms with van der Waals surface area (Å²) in [4.78, 5) is 22.8. The van der Waals surface area contributed by atoms with Crippen LogP contribution in [0.2, 0.25) is 5.02 Å². The lowest BCUT2D eigenvalue weighted by atomic mass is 9.83. The highest BCUT2D eigenvalue weighted by atomic mass is 35.5. The molecule has 1 amide bonds. The number of benzene rings is 2. The highest BCUT2D eigenvalue weighted by Gasteiger charge is 2.23.